The average molecular weight is 1140 g/mol. The summed E-state index contributed by atoms with van der Waals surface area (Å²) in [5.74, 6) is 0.985. The van der Waals surface area contributed by atoms with Crippen LogP contribution in [0, 0.1) is 5.92 Å². The molecule has 0 spiro atoms. The maximum Gasteiger partial charge on any atom is 0.0620 e. The Morgan fingerprint density at radius 2 is 0.955 bits per heavy atom. The van der Waals surface area contributed by atoms with Gasteiger partial charge in [0.25, 0.3) is 0 Å². The van der Waals surface area contributed by atoms with Gasteiger partial charge in [-0.05, 0) is 176 Å². The van der Waals surface area contributed by atoms with E-state index in [2.05, 4.69) is 302 Å². The second-order valence-corrected chi connectivity index (χ2v) is 28.5. The molecule has 9 aromatic rings. The van der Waals surface area contributed by atoms with Crippen LogP contribution in [0.25, 0.3) is 54.9 Å². The maximum absolute atomic E-state index is 2.71. The highest BCUT2D eigenvalue weighted by atomic mass is 15.2. The Morgan fingerprint density at radius 3 is 1.57 bits per heavy atom. The van der Waals surface area contributed by atoms with Gasteiger partial charge < -0.3 is 9.80 Å². The van der Waals surface area contributed by atoms with Crippen LogP contribution >= 0.6 is 0 Å². The van der Waals surface area contributed by atoms with Crippen LogP contribution in [0.5, 0.6) is 0 Å². The van der Waals surface area contributed by atoms with Crippen molar-refractivity contribution in [1.82, 2.24) is 0 Å². The average Bonchev–Trinajstić information content (AvgIpc) is 1.13. The Balaban J connectivity index is 0.996. The van der Waals surface area contributed by atoms with E-state index in [1.54, 1.807) is 11.1 Å². The molecule has 0 N–H and O–H groups in total. The highest BCUT2D eigenvalue weighted by Gasteiger charge is 2.47. The molecule has 17 rings (SSSR count). The van der Waals surface area contributed by atoms with Crippen molar-refractivity contribution in [1.29, 1.82) is 0 Å². The molecule has 9 aromatic carbocycles. The van der Waals surface area contributed by atoms with E-state index < -0.39 is 0 Å². The second-order valence-electron chi connectivity index (χ2n) is 28.5. The molecule has 8 aliphatic carbocycles. The van der Waals surface area contributed by atoms with E-state index >= 15 is 0 Å². The van der Waals surface area contributed by atoms with Gasteiger partial charge in [-0.3, -0.25) is 0 Å². The van der Waals surface area contributed by atoms with E-state index in [0.29, 0.717) is 11.8 Å². The van der Waals surface area contributed by atoms with Crippen molar-refractivity contribution in [3.63, 3.8) is 0 Å². The highest BCUT2D eigenvalue weighted by molar-refractivity contribution is 6.24. The van der Waals surface area contributed by atoms with Gasteiger partial charge in [0.1, 0.15) is 0 Å². The minimum absolute atomic E-state index is 0.0259. The number of hydrogen-bond donors (Lipinski definition) is 0. The summed E-state index contributed by atoms with van der Waals surface area (Å²) < 4.78 is 0. The van der Waals surface area contributed by atoms with Crippen LogP contribution in [-0.4, -0.2) is 0 Å². The molecule has 0 bridgehead atoms. The fourth-order valence-corrected chi connectivity index (χ4v) is 18.0. The van der Waals surface area contributed by atoms with Gasteiger partial charge in [0.15, 0.2) is 0 Å². The molecule has 2 heteroatoms. The van der Waals surface area contributed by atoms with E-state index in [-0.39, 0.29) is 27.6 Å². The van der Waals surface area contributed by atoms with Crippen molar-refractivity contribution < 1.29 is 0 Å². The third-order valence-electron chi connectivity index (χ3n) is 22.6. The number of anilines is 5. The lowest BCUT2D eigenvalue weighted by Crippen LogP contribution is -2.24. The van der Waals surface area contributed by atoms with Crippen LogP contribution in [0.1, 0.15) is 144 Å². The van der Waals surface area contributed by atoms with E-state index in [1.807, 2.05) is 0 Å². The Morgan fingerprint density at radius 1 is 0.420 bits per heavy atom. The van der Waals surface area contributed by atoms with Gasteiger partial charge in [-0.15, -0.1) is 0 Å². The van der Waals surface area contributed by atoms with Crippen LogP contribution in [0.3, 0.4) is 0 Å². The minimum Gasteiger partial charge on any atom is -0.310 e. The first kappa shape index (κ1) is 53.3. The molecule has 0 amide bonds. The van der Waals surface area contributed by atoms with Crippen LogP contribution in [0.4, 0.5) is 28.4 Å². The number of allylic oxidation sites excluding steroid dienone is 15. The first-order valence-corrected chi connectivity index (χ1v) is 32.5. The summed E-state index contributed by atoms with van der Waals surface area (Å²) >= 11 is 0. The quantitative estimate of drug-likeness (QED) is 0.111. The Hall–Kier alpha value is -8.98. The van der Waals surface area contributed by atoms with Crippen LogP contribution in [-0.2, 0) is 21.7 Å². The summed E-state index contributed by atoms with van der Waals surface area (Å²) in [4.78, 5) is 5.40. The molecule has 0 radical (unpaired) electrons. The SMILES string of the molecule is CC1(C)C2=C(C=CCC2)c2ccc(N(C3=CCC4C(=C3)C(C)(C)c3ccccc34)c3c4cc(-c5ccccc5)ccc4c(N(c4ccc5c(c4)C4C=CC=CC4C5(C)C)c4ccc5c(c4)C(C)(C)C4=C5C=CCC4)c4cc(-c5ccccc5)ccc34)cc21. The number of benzene rings is 9. The molecule has 8 aliphatic rings. The largest absolute Gasteiger partial charge is 0.310 e. The van der Waals surface area contributed by atoms with Crippen molar-refractivity contribution in [2.24, 2.45) is 5.92 Å². The smallest absolute Gasteiger partial charge is 0.0620 e. The number of nitrogens with zero attached hydrogens (tertiary/aromatic N) is 2. The van der Waals surface area contributed by atoms with Gasteiger partial charge in [0, 0.05) is 72.4 Å². The molecule has 0 aliphatic heterocycles. The molecule has 3 atom stereocenters. The minimum atomic E-state index is -0.147. The maximum atomic E-state index is 2.71. The molecular weight excluding hydrogens is 1060 g/mol. The lowest BCUT2D eigenvalue weighted by atomic mass is 9.74. The topological polar surface area (TPSA) is 6.48 Å². The lowest BCUT2D eigenvalue weighted by molar-refractivity contribution is 0.394. The van der Waals surface area contributed by atoms with Gasteiger partial charge in [0.2, 0.25) is 0 Å². The molecule has 3 unspecified atom stereocenters. The van der Waals surface area contributed by atoms with Gasteiger partial charge in [-0.2, -0.15) is 0 Å². The Labute approximate surface area is 520 Å². The first-order valence-electron chi connectivity index (χ1n) is 32.5. The second kappa shape index (κ2) is 19.3. The van der Waals surface area contributed by atoms with Crippen LogP contribution < -0.4 is 9.80 Å². The van der Waals surface area contributed by atoms with E-state index in [0.717, 1.165) is 32.1 Å². The van der Waals surface area contributed by atoms with Crippen molar-refractivity contribution in [3.05, 3.63) is 304 Å². The predicted octanol–water partition coefficient (Wildman–Crippen LogP) is 23.1. The molecular formula is C86H76N2. The van der Waals surface area contributed by atoms with Crippen molar-refractivity contribution in [2.45, 2.75) is 121 Å². The molecule has 88 heavy (non-hydrogen) atoms. The standard InChI is InChI=1S/C86H76N2/c1-83(2)76-34-22-18-30-64(76)70-49-57(40-46-77(70)83)87(58-37-43-65-61-27-15-19-31-73(61)84(3,4)78(65)50-58)81-68-41-35-56(54-25-13-10-14-26-54)48-72(68)82(69-42-36-55(47-71(69)81)53-23-11-9-12-24-53)88(59-38-44-66-62-28-16-20-32-74(62)85(5,6)79(66)51-59)60-39-45-67-63-29-17-21-33-75(63)86(7,8)80(67)52-60/h9-18,20,22-30,32,34-43,45-52,64,66,76H,19,21,31,33,44H2,1-8H3. The van der Waals surface area contributed by atoms with Gasteiger partial charge in [0.05, 0.1) is 11.4 Å². The zero-order valence-corrected chi connectivity index (χ0v) is 52.2. The summed E-state index contributed by atoms with van der Waals surface area (Å²) in [7, 11) is 0. The Bertz CT molecular complexity index is 4770. The third kappa shape index (κ3) is 7.66. The van der Waals surface area contributed by atoms with E-state index in [1.165, 1.54) is 139 Å². The summed E-state index contributed by atoms with van der Waals surface area (Å²) in [5.41, 5.74) is 30.3. The monoisotopic (exact) mass is 1140 g/mol. The summed E-state index contributed by atoms with van der Waals surface area (Å²) in [6.07, 6.45) is 29.5. The predicted molar refractivity (Wildman–Crippen MR) is 373 cm³/mol. The molecule has 2 nitrogen and oxygen atoms in total. The molecule has 0 saturated heterocycles. The lowest BCUT2D eigenvalue weighted by Gasteiger charge is -2.36. The molecule has 0 aromatic heterocycles. The summed E-state index contributed by atoms with van der Waals surface area (Å²) in [6, 6.07) is 68.8. The summed E-state index contributed by atoms with van der Waals surface area (Å²) in [5, 5.41) is 4.83. The fourth-order valence-electron chi connectivity index (χ4n) is 18.0. The van der Waals surface area contributed by atoms with Crippen LogP contribution in [0.2, 0.25) is 0 Å². The van der Waals surface area contributed by atoms with E-state index in [9.17, 15) is 0 Å². The van der Waals surface area contributed by atoms with E-state index in [4.69, 9.17) is 0 Å². The molecule has 0 heterocycles. The number of fused-ring (bicyclic) bond motifs is 12. The zero-order chi connectivity index (χ0) is 59.6. The Kier molecular flexibility index (Phi) is 11.7. The number of rotatable bonds is 8. The first-order chi connectivity index (χ1) is 42.7. The summed E-state index contributed by atoms with van der Waals surface area (Å²) in [6.45, 7) is 19.7. The molecule has 0 saturated carbocycles. The van der Waals surface area contributed by atoms with Gasteiger partial charge >= 0.3 is 0 Å². The molecule has 0 fully saturated rings. The normalized spacial score (nSPS) is 21.3. The van der Waals surface area contributed by atoms with Crippen molar-refractivity contribution in [2.75, 3.05) is 9.80 Å². The zero-order valence-electron chi connectivity index (χ0n) is 52.2. The number of hydrogen-bond acceptors (Lipinski definition) is 2. The highest BCUT2D eigenvalue weighted by Crippen LogP contribution is 2.61. The van der Waals surface area contributed by atoms with Crippen molar-refractivity contribution in [3.8, 4) is 22.3 Å². The fraction of sp³-hybridized carbons (Fsp3) is 0.233. The van der Waals surface area contributed by atoms with Crippen LogP contribution in [0.15, 0.2) is 259 Å². The third-order valence-corrected chi connectivity index (χ3v) is 22.6. The van der Waals surface area contributed by atoms with Crippen molar-refractivity contribution >= 4 is 61.1 Å². The van der Waals surface area contributed by atoms with Gasteiger partial charge in [-0.1, -0.05) is 254 Å². The molecule has 430 valence electrons. The van der Waals surface area contributed by atoms with Gasteiger partial charge in [-0.25, -0.2) is 0 Å².